The van der Waals surface area contributed by atoms with Crippen LogP contribution >= 0.6 is 11.6 Å². The minimum atomic E-state index is -2.87. The van der Waals surface area contributed by atoms with E-state index >= 15 is 0 Å². The van der Waals surface area contributed by atoms with E-state index in [9.17, 15) is 0 Å². The molecule has 0 aromatic heterocycles. The van der Waals surface area contributed by atoms with E-state index in [0.717, 1.165) is 12.8 Å². The summed E-state index contributed by atoms with van der Waals surface area (Å²) in [6, 6.07) is 0. The predicted molar refractivity (Wildman–Crippen MR) is 42.8 cm³/mol. The fraction of sp³-hybridized carbons (Fsp3) is 0.714. The summed E-state index contributed by atoms with van der Waals surface area (Å²) in [4.78, 5) is 0. The van der Waals surface area contributed by atoms with E-state index in [1.54, 1.807) is 0 Å². The topological polar surface area (TPSA) is 60.7 Å². The Bertz CT molecular complexity index is 137. The van der Waals surface area contributed by atoms with Gasteiger partial charge in [-0.15, -0.1) is 0 Å². The van der Waals surface area contributed by atoms with Crippen molar-refractivity contribution >= 4 is 11.6 Å². The van der Waals surface area contributed by atoms with Crippen LogP contribution in [0.2, 0.25) is 0 Å². The highest BCUT2D eigenvalue weighted by atomic mass is 35.5. The molecule has 0 saturated carbocycles. The van der Waals surface area contributed by atoms with Gasteiger partial charge in [0, 0.05) is 0 Å². The van der Waals surface area contributed by atoms with Gasteiger partial charge < -0.3 is 15.3 Å². The SMILES string of the molecule is CCCCC=C(Cl)C(O)(O)O. The van der Waals surface area contributed by atoms with Gasteiger partial charge in [-0.25, -0.2) is 0 Å². The molecule has 0 radical (unpaired) electrons. The third-order valence-electron chi connectivity index (χ3n) is 1.20. The Hall–Kier alpha value is -0.0900. The lowest BCUT2D eigenvalue weighted by Crippen LogP contribution is -2.27. The molecule has 0 atom stereocenters. The lowest BCUT2D eigenvalue weighted by Gasteiger charge is -2.11. The lowest BCUT2D eigenvalue weighted by atomic mass is 10.2. The predicted octanol–water partition coefficient (Wildman–Crippen LogP) is 0.930. The molecule has 0 aliphatic heterocycles. The number of halogens is 1. The average molecular weight is 181 g/mol. The zero-order valence-corrected chi connectivity index (χ0v) is 7.17. The molecule has 0 spiro atoms. The Kier molecular flexibility index (Phi) is 4.68. The molecule has 0 saturated heterocycles. The van der Waals surface area contributed by atoms with Crippen molar-refractivity contribution in [3.63, 3.8) is 0 Å². The van der Waals surface area contributed by atoms with E-state index in [2.05, 4.69) is 0 Å². The standard InChI is InChI=1S/C7H13ClO3/c1-2-3-4-5-6(8)7(9,10)11/h5,9-11H,2-4H2,1H3. The normalized spacial score (nSPS) is 13.7. The van der Waals surface area contributed by atoms with Crippen LogP contribution in [0.5, 0.6) is 0 Å². The number of unbranched alkanes of at least 4 members (excludes halogenated alkanes) is 2. The molecule has 66 valence electrons. The first-order valence-corrected chi connectivity index (χ1v) is 3.89. The van der Waals surface area contributed by atoms with Crippen molar-refractivity contribution in [1.82, 2.24) is 0 Å². The molecule has 11 heavy (non-hydrogen) atoms. The van der Waals surface area contributed by atoms with Crippen LogP contribution in [0.4, 0.5) is 0 Å². The largest absolute Gasteiger partial charge is 0.339 e. The Morgan fingerprint density at radius 1 is 1.45 bits per heavy atom. The van der Waals surface area contributed by atoms with Crippen LogP contribution in [-0.4, -0.2) is 21.3 Å². The van der Waals surface area contributed by atoms with Crippen LogP contribution in [-0.2, 0) is 0 Å². The second kappa shape index (κ2) is 4.72. The van der Waals surface area contributed by atoms with Gasteiger partial charge in [0.15, 0.2) is 0 Å². The molecule has 0 bridgehead atoms. The van der Waals surface area contributed by atoms with E-state index in [4.69, 9.17) is 26.9 Å². The van der Waals surface area contributed by atoms with Crippen molar-refractivity contribution in [1.29, 1.82) is 0 Å². The highest BCUT2D eigenvalue weighted by molar-refractivity contribution is 6.30. The molecule has 0 aromatic carbocycles. The molecule has 0 aliphatic carbocycles. The molecule has 4 heteroatoms. The summed E-state index contributed by atoms with van der Waals surface area (Å²) in [6.45, 7) is 2.01. The number of hydrogen-bond acceptors (Lipinski definition) is 3. The molecular weight excluding hydrogens is 168 g/mol. The zero-order chi connectivity index (χ0) is 8.91. The summed E-state index contributed by atoms with van der Waals surface area (Å²) in [5, 5.41) is 25.1. The molecule has 0 heterocycles. The molecule has 0 amide bonds. The minimum absolute atomic E-state index is 0.342. The highest BCUT2D eigenvalue weighted by Crippen LogP contribution is 2.15. The van der Waals surface area contributed by atoms with E-state index < -0.39 is 5.97 Å². The van der Waals surface area contributed by atoms with Crippen LogP contribution in [0.15, 0.2) is 11.1 Å². The maximum absolute atomic E-state index is 8.50. The summed E-state index contributed by atoms with van der Waals surface area (Å²) in [5.41, 5.74) is 0. The zero-order valence-electron chi connectivity index (χ0n) is 6.42. The summed E-state index contributed by atoms with van der Waals surface area (Å²) >= 11 is 5.30. The molecule has 0 aromatic rings. The summed E-state index contributed by atoms with van der Waals surface area (Å²) in [7, 11) is 0. The van der Waals surface area contributed by atoms with Crippen molar-refractivity contribution in [3.8, 4) is 0 Å². The Morgan fingerprint density at radius 2 is 2.00 bits per heavy atom. The van der Waals surface area contributed by atoms with Crippen LogP contribution < -0.4 is 0 Å². The fourth-order valence-corrected chi connectivity index (χ4v) is 0.679. The summed E-state index contributed by atoms with van der Waals surface area (Å²) in [6.07, 6.45) is 3.94. The number of allylic oxidation sites excluding steroid dienone is 1. The summed E-state index contributed by atoms with van der Waals surface area (Å²) < 4.78 is 0. The second-order valence-corrected chi connectivity index (χ2v) is 2.74. The van der Waals surface area contributed by atoms with Gasteiger partial charge in [-0.1, -0.05) is 37.4 Å². The van der Waals surface area contributed by atoms with Gasteiger partial charge in [0.25, 0.3) is 0 Å². The molecule has 3 nitrogen and oxygen atoms in total. The first-order chi connectivity index (χ1) is 4.98. The van der Waals surface area contributed by atoms with Crippen molar-refractivity contribution in [2.24, 2.45) is 0 Å². The maximum atomic E-state index is 8.50. The molecule has 0 aliphatic rings. The molecular formula is C7H13ClO3. The Morgan fingerprint density at radius 3 is 2.36 bits per heavy atom. The van der Waals surface area contributed by atoms with Gasteiger partial charge in [-0.3, -0.25) is 0 Å². The highest BCUT2D eigenvalue weighted by Gasteiger charge is 2.22. The monoisotopic (exact) mass is 180 g/mol. The first-order valence-electron chi connectivity index (χ1n) is 3.51. The third-order valence-corrected chi connectivity index (χ3v) is 1.61. The van der Waals surface area contributed by atoms with E-state index in [-0.39, 0.29) is 5.03 Å². The van der Waals surface area contributed by atoms with E-state index in [1.165, 1.54) is 6.08 Å². The van der Waals surface area contributed by atoms with Crippen LogP contribution in [0.1, 0.15) is 26.2 Å². The number of hydrogen-bond donors (Lipinski definition) is 3. The third kappa shape index (κ3) is 5.21. The van der Waals surface area contributed by atoms with Crippen LogP contribution in [0.25, 0.3) is 0 Å². The molecule has 3 N–H and O–H groups in total. The molecule has 0 rings (SSSR count). The lowest BCUT2D eigenvalue weighted by molar-refractivity contribution is -0.277. The first kappa shape index (κ1) is 10.9. The van der Waals surface area contributed by atoms with Gasteiger partial charge in [-0.05, 0) is 6.42 Å². The maximum Gasteiger partial charge on any atom is 0.315 e. The number of rotatable bonds is 4. The fourth-order valence-electron chi connectivity index (χ4n) is 0.570. The molecule has 0 fully saturated rings. The van der Waals surface area contributed by atoms with E-state index in [0.29, 0.717) is 6.42 Å². The smallest absolute Gasteiger partial charge is 0.315 e. The van der Waals surface area contributed by atoms with Crippen LogP contribution in [0.3, 0.4) is 0 Å². The van der Waals surface area contributed by atoms with Gasteiger partial charge in [0.05, 0.1) is 0 Å². The van der Waals surface area contributed by atoms with E-state index in [1.807, 2.05) is 6.92 Å². The van der Waals surface area contributed by atoms with Gasteiger partial charge >= 0.3 is 5.97 Å². The quantitative estimate of drug-likeness (QED) is 0.446. The van der Waals surface area contributed by atoms with Crippen LogP contribution in [0, 0.1) is 0 Å². The average Bonchev–Trinajstić information content (AvgIpc) is 1.86. The van der Waals surface area contributed by atoms with Gasteiger partial charge in [0.1, 0.15) is 5.03 Å². The minimum Gasteiger partial charge on any atom is -0.339 e. The van der Waals surface area contributed by atoms with Gasteiger partial charge in [-0.2, -0.15) is 0 Å². The summed E-state index contributed by atoms with van der Waals surface area (Å²) in [5.74, 6) is -2.87. The van der Waals surface area contributed by atoms with Crippen molar-refractivity contribution in [2.45, 2.75) is 32.2 Å². The second-order valence-electron chi connectivity index (χ2n) is 2.33. The van der Waals surface area contributed by atoms with Crippen molar-refractivity contribution < 1.29 is 15.3 Å². The Labute approximate surface area is 70.9 Å². The van der Waals surface area contributed by atoms with Crippen molar-refractivity contribution in [2.75, 3.05) is 0 Å². The molecule has 0 unspecified atom stereocenters. The Balaban J connectivity index is 3.81. The van der Waals surface area contributed by atoms with Gasteiger partial charge in [0.2, 0.25) is 0 Å². The van der Waals surface area contributed by atoms with Crippen molar-refractivity contribution in [3.05, 3.63) is 11.1 Å². The number of aliphatic hydroxyl groups is 3.